The highest BCUT2D eigenvalue weighted by Gasteiger charge is 2.41. The molecule has 6 nitrogen and oxygen atoms in total. The number of hydrogen-bond donors (Lipinski definition) is 1. The molecule has 0 spiro atoms. The van der Waals surface area contributed by atoms with Gasteiger partial charge in [0.2, 0.25) is 0 Å². The highest BCUT2D eigenvalue weighted by molar-refractivity contribution is 6.46. The van der Waals surface area contributed by atoms with Crippen molar-refractivity contribution in [2.45, 2.75) is 13.8 Å². The van der Waals surface area contributed by atoms with Gasteiger partial charge in [0.25, 0.3) is 11.8 Å². The molecule has 3 aromatic carbocycles. The Morgan fingerprint density at radius 3 is 2.34 bits per heavy atom. The number of hydrogen-bond acceptors (Lipinski definition) is 5. The summed E-state index contributed by atoms with van der Waals surface area (Å²) in [7, 11) is 3.11. The van der Waals surface area contributed by atoms with Gasteiger partial charge in [-0.25, -0.2) is 4.90 Å². The lowest BCUT2D eigenvalue weighted by molar-refractivity contribution is -0.120. The zero-order valence-corrected chi connectivity index (χ0v) is 18.4. The lowest BCUT2D eigenvalue weighted by atomic mass is 10.0. The summed E-state index contributed by atoms with van der Waals surface area (Å²) in [5.41, 5.74) is 3.99. The predicted octanol–water partition coefficient (Wildman–Crippen LogP) is 4.72. The first-order valence-electron chi connectivity index (χ1n) is 10.2. The van der Waals surface area contributed by atoms with E-state index < -0.39 is 11.8 Å². The number of methoxy groups -OCH3 is 2. The standard InChI is InChI=1S/C26H24N2O4/c1-16-12-13-17(2)21(14-16)28-25(29)23(20-10-5-6-11-22(20)32-4)24(26(28)30)27-18-8-7-9-19(15-18)31-3/h5-15,27H,1-4H3. The highest BCUT2D eigenvalue weighted by Crippen LogP contribution is 2.38. The second kappa shape index (κ2) is 8.59. The molecule has 1 N–H and O–H groups in total. The number of ether oxygens (including phenoxy) is 2. The summed E-state index contributed by atoms with van der Waals surface area (Å²) in [5.74, 6) is 0.319. The van der Waals surface area contributed by atoms with Crippen LogP contribution in [0.3, 0.4) is 0 Å². The number of rotatable bonds is 6. The molecule has 0 unspecified atom stereocenters. The van der Waals surface area contributed by atoms with Gasteiger partial charge in [-0.2, -0.15) is 0 Å². The average molecular weight is 428 g/mol. The van der Waals surface area contributed by atoms with Gasteiger partial charge in [0.15, 0.2) is 0 Å². The van der Waals surface area contributed by atoms with Gasteiger partial charge in [-0.1, -0.05) is 36.4 Å². The molecule has 0 bridgehead atoms. The molecule has 1 aliphatic heterocycles. The summed E-state index contributed by atoms with van der Waals surface area (Å²) in [6.45, 7) is 3.81. The molecule has 162 valence electrons. The lowest BCUT2D eigenvalue weighted by Crippen LogP contribution is -2.33. The van der Waals surface area contributed by atoms with E-state index in [1.165, 1.54) is 12.0 Å². The number of nitrogens with zero attached hydrogens (tertiary/aromatic N) is 1. The summed E-state index contributed by atoms with van der Waals surface area (Å²) in [5, 5.41) is 3.16. The largest absolute Gasteiger partial charge is 0.497 e. The van der Waals surface area contributed by atoms with E-state index in [0.29, 0.717) is 28.4 Å². The maximum atomic E-state index is 13.7. The third-order valence-electron chi connectivity index (χ3n) is 5.40. The summed E-state index contributed by atoms with van der Waals surface area (Å²) >= 11 is 0. The van der Waals surface area contributed by atoms with Gasteiger partial charge in [0.05, 0.1) is 25.5 Å². The quantitative estimate of drug-likeness (QED) is 0.576. The number of carbonyl (C=O) groups excluding carboxylic acids is 2. The van der Waals surface area contributed by atoms with Crippen molar-refractivity contribution < 1.29 is 19.1 Å². The first-order valence-corrected chi connectivity index (χ1v) is 10.2. The number of amides is 2. The van der Waals surface area contributed by atoms with Crippen LogP contribution >= 0.6 is 0 Å². The van der Waals surface area contributed by atoms with Crippen LogP contribution < -0.4 is 19.7 Å². The Morgan fingerprint density at radius 2 is 1.59 bits per heavy atom. The summed E-state index contributed by atoms with van der Waals surface area (Å²) in [6.07, 6.45) is 0. The molecule has 0 saturated carbocycles. The number of benzene rings is 3. The summed E-state index contributed by atoms with van der Waals surface area (Å²) < 4.78 is 10.8. The first kappa shape index (κ1) is 21.2. The van der Waals surface area contributed by atoms with Gasteiger partial charge >= 0.3 is 0 Å². The van der Waals surface area contributed by atoms with E-state index in [4.69, 9.17) is 9.47 Å². The fraction of sp³-hybridized carbons (Fsp3) is 0.154. The van der Waals surface area contributed by atoms with Crippen molar-refractivity contribution in [3.63, 3.8) is 0 Å². The predicted molar refractivity (Wildman–Crippen MR) is 125 cm³/mol. The summed E-state index contributed by atoms with van der Waals surface area (Å²) in [6, 6.07) is 20.1. The zero-order chi connectivity index (χ0) is 22.8. The minimum absolute atomic E-state index is 0.189. The molecule has 4 rings (SSSR count). The van der Waals surface area contributed by atoms with E-state index in [-0.39, 0.29) is 11.3 Å². The Balaban J connectivity index is 1.89. The molecule has 0 radical (unpaired) electrons. The van der Waals surface area contributed by atoms with Gasteiger partial charge in [-0.15, -0.1) is 0 Å². The second-order valence-corrected chi connectivity index (χ2v) is 7.54. The zero-order valence-electron chi connectivity index (χ0n) is 18.4. The van der Waals surface area contributed by atoms with E-state index in [1.807, 2.05) is 62.4 Å². The maximum absolute atomic E-state index is 13.7. The van der Waals surface area contributed by atoms with Crippen molar-refractivity contribution in [2.24, 2.45) is 0 Å². The molecule has 0 fully saturated rings. The molecule has 2 amide bonds. The second-order valence-electron chi connectivity index (χ2n) is 7.54. The third kappa shape index (κ3) is 3.71. The van der Waals surface area contributed by atoms with Crippen LogP contribution in [-0.4, -0.2) is 26.0 Å². The monoisotopic (exact) mass is 428 g/mol. The number of anilines is 2. The van der Waals surface area contributed by atoms with E-state index in [2.05, 4.69) is 5.32 Å². The number of imide groups is 1. The van der Waals surface area contributed by atoms with E-state index >= 15 is 0 Å². The van der Waals surface area contributed by atoms with Crippen LogP contribution in [0.4, 0.5) is 11.4 Å². The first-order chi connectivity index (χ1) is 15.4. The lowest BCUT2D eigenvalue weighted by Gasteiger charge is -2.18. The Labute approximate surface area is 187 Å². The average Bonchev–Trinajstić information content (AvgIpc) is 3.04. The molecule has 0 atom stereocenters. The number of nitrogens with one attached hydrogen (secondary N) is 1. The van der Waals surface area contributed by atoms with Crippen molar-refractivity contribution in [3.05, 3.63) is 89.1 Å². The Kier molecular flexibility index (Phi) is 5.69. The van der Waals surface area contributed by atoms with Gasteiger partial charge in [-0.05, 0) is 49.2 Å². The Morgan fingerprint density at radius 1 is 0.812 bits per heavy atom. The Hall–Kier alpha value is -4.06. The number of aryl methyl sites for hydroxylation is 2. The number of carbonyl (C=O) groups is 2. The molecule has 1 heterocycles. The van der Waals surface area contributed by atoms with Gasteiger partial charge in [-0.3, -0.25) is 9.59 Å². The number of para-hydroxylation sites is 1. The van der Waals surface area contributed by atoms with Crippen LogP contribution in [0.1, 0.15) is 16.7 Å². The topological polar surface area (TPSA) is 67.9 Å². The van der Waals surface area contributed by atoms with Crippen molar-refractivity contribution in [1.29, 1.82) is 0 Å². The van der Waals surface area contributed by atoms with Crippen LogP contribution in [0, 0.1) is 13.8 Å². The Bertz CT molecular complexity index is 1250. The molecular weight excluding hydrogens is 404 g/mol. The molecule has 3 aromatic rings. The van der Waals surface area contributed by atoms with Gasteiger partial charge in [0, 0.05) is 17.3 Å². The van der Waals surface area contributed by atoms with E-state index in [0.717, 1.165) is 11.1 Å². The molecule has 0 aromatic heterocycles. The van der Waals surface area contributed by atoms with Crippen molar-refractivity contribution in [1.82, 2.24) is 0 Å². The molecule has 32 heavy (non-hydrogen) atoms. The fourth-order valence-electron chi connectivity index (χ4n) is 3.77. The normalized spacial score (nSPS) is 13.6. The molecule has 0 aliphatic carbocycles. The molecular formula is C26H24N2O4. The molecule has 1 aliphatic rings. The third-order valence-corrected chi connectivity index (χ3v) is 5.40. The van der Waals surface area contributed by atoms with Crippen molar-refractivity contribution in [3.8, 4) is 11.5 Å². The van der Waals surface area contributed by atoms with Crippen LogP contribution in [-0.2, 0) is 9.59 Å². The maximum Gasteiger partial charge on any atom is 0.282 e. The van der Waals surface area contributed by atoms with Crippen LogP contribution in [0.15, 0.2) is 72.4 Å². The summed E-state index contributed by atoms with van der Waals surface area (Å²) in [4.78, 5) is 28.6. The van der Waals surface area contributed by atoms with Crippen LogP contribution in [0.2, 0.25) is 0 Å². The smallest absolute Gasteiger partial charge is 0.282 e. The minimum atomic E-state index is -0.424. The fourth-order valence-corrected chi connectivity index (χ4v) is 3.77. The van der Waals surface area contributed by atoms with E-state index in [9.17, 15) is 9.59 Å². The van der Waals surface area contributed by atoms with Crippen molar-refractivity contribution >= 4 is 28.8 Å². The molecule has 0 saturated heterocycles. The SMILES string of the molecule is COc1cccc(NC2=C(c3ccccc3OC)C(=O)N(c3cc(C)ccc3C)C2=O)c1. The van der Waals surface area contributed by atoms with Crippen LogP contribution in [0.5, 0.6) is 11.5 Å². The minimum Gasteiger partial charge on any atom is -0.497 e. The van der Waals surface area contributed by atoms with Gasteiger partial charge < -0.3 is 14.8 Å². The van der Waals surface area contributed by atoms with Crippen molar-refractivity contribution in [2.75, 3.05) is 24.4 Å². The van der Waals surface area contributed by atoms with Gasteiger partial charge in [0.1, 0.15) is 17.2 Å². The highest BCUT2D eigenvalue weighted by atomic mass is 16.5. The van der Waals surface area contributed by atoms with Crippen LogP contribution in [0.25, 0.3) is 5.57 Å². The van der Waals surface area contributed by atoms with E-state index in [1.54, 1.807) is 25.3 Å². The molecule has 6 heteroatoms.